The third-order valence-electron chi connectivity index (χ3n) is 12.0. The summed E-state index contributed by atoms with van der Waals surface area (Å²) in [4.78, 5) is 35.2. The van der Waals surface area contributed by atoms with Crippen molar-refractivity contribution in [2.45, 2.75) is 289 Å². The number of aliphatic hydroxyl groups excluding tert-OH is 2. The van der Waals surface area contributed by atoms with Crippen LogP contribution in [-0.4, -0.2) is 65.7 Å². The van der Waals surface area contributed by atoms with Crippen molar-refractivity contribution >= 4 is 19.8 Å². The summed E-state index contributed by atoms with van der Waals surface area (Å²) in [7, 11) is -4.62. The maximum Gasteiger partial charge on any atom is 0.472 e. The van der Waals surface area contributed by atoms with Gasteiger partial charge in [-0.15, -0.1) is 0 Å². The highest BCUT2D eigenvalue weighted by atomic mass is 31.2. The molecule has 0 bridgehead atoms. The number of rotatable bonds is 51. The molecule has 0 rings (SSSR count). The molecular weight excluding hydrogens is 804 g/mol. The van der Waals surface area contributed by atoms with Crippen LogP contribution in [0.5, 0.6) is 0 Å². The van der Waals surface area contributed by atoms with Crippen LogP contribution in [0.1, 0.15) is 277 Å². The number of hydrogen-bond acceptors (Lipinski definition) is 9. The molecule has 0 aromatic heterocycles. The molecule has 3 atom stereocenters. The molecule has 0 radical (unpaired) electrons. The van der Waals surface area contributed by atoms with Crippen LogP contribution in [0.4, 0.5) is 0 Å². The van der Waals surface area contributed by atoms with Gasteiger partial charge in [-0.2, -0.15) is 0 Å². The van der Waals surface area contributed by atoms with Gasteiger partial charge in [-0.1, -0.05) is 251 Å². The van der Waals surface area contributed by atoms with Gasteiger partial charge < -0.3 is 24.6 Å². The van der Waals surface area contributed by atoms with Crippen LogP contribution in [0.15, 0.2) is 0 Å². The molecule has 10 nitrogen and oxygen atoms in total. The Morgan fingerprint density at radius 1 is 0.419 bits per heavy atom. The molecular formula is C51H101O10P. The second kappa shape index (κ2) is 47.9. The molecule has 3 N–H and O–H groups in total. The molecule has 0 amide bonds. The Labute approximate surface area is 382 Å². The summed E-state index contributed by atoms with van der Waals surface area (Å²) in [6.07, 6.45) is 47.9. The Morgan fingerprint density at radius 3 is 1.00 bits per heavy atom. The van der Waals surface area contributed by atoms with Gasteiger partial charge in [0.25, 0.3) is 0 Å². The van der Waals surface area contributed by atoms with Crippen LogP contribution in [-0.2, 0) is 32.7 Å². The van der Waals surface area contributed by atoms with Crippen LogP contribution in [0, 0.1) is 0 Å². The zero-order valence-electron chi connectivity index (χ0n) is 40.6. The van der Waals surface area contributed by atoms with Gasteiger partial charge in [0.05, 0.1) is 19.8 Å². The molecule has 0 fully saturated rings. The lowest BCUT2D eigenvalue weighted by Crippen LogP contribution is -2.29. The molecule has 0 spiro atoms. The zero-order chi connectivity index (χ0) is 45.5. The number of hydrogen-bond donors (Lipinski definition) is 3. The SMILES string of the molecule is CCCCCCCCCCCCCCCCCCCCCCCCC(=O)OC[C@H](COP(=O)(O)OC[C@H](O)CO)OC(=O)CCCCCCCCCCCCCCCCCCC. The minimum Gasteiger partial charge on any atom is -0.462 e. The minimum absolute atomic E-state index is 0.193. The number of carbonyl (C=O) groups is 2. The lowest BCUT2D eigenvalue weighted by atomic mass is 10.0. The predicted octanol–water partition coefficient (Wildman–Crippen LogP) is 15.0. The average Bonchev–Trinajstić information content (AvgIpc) is 3.26. The number of carbonyl (C=O) groups excluding carboxylic acids is 2. The highest BCUT2D eigenvalue weighted by Gasteiger charge is 2.27. The van der Waals surface area contributed by atoms with E-state index in [1.165, 1.54) is 205 Å². The van der Waals surface area contributed by atoms with Crippen LogP contribution >= 0.6 is 7.82 Å². The number of phosphoric acid groups is 1. The zero-order valence-corrected chi connectivity index (χ0v) is 41.5. The largest absolute Gasteiger partial charge is 0.472 e. The summed E-state index contributed by atoms with van der Waals surface area (Å²) >= 11 is 0. The molecule has 1 unspecified atom stereocenters. The molecule has 62 heavy (non-hydrogen) atoms. The van der Waals surface area contributed by atoms with Crippen molar-refractivity contribution in [1.82, 2.24) is 0 Å². The molecule has 0 saturated carbocycles. The third kappa shape index (κ3) is 46.9. The van der Waals surface area contributed by atoms with Gasteiger partial charge in [-0.05, 0) is 12.8 Å². The highest BCUT2D eigenvalue weighted by molar-refractivity contribution is 7.47. The van der Waals surface area contributed by atoms with Gasteiger partial charge in [0.1, 0.15) is 12.7 Å². The van der Waals surface area contributed by atoms with E-state index in [1.807, 2.05) is 0 Å². The van der Waals surface area contributed by atoms with Crippen molar-refractivity contribution in [1.29, 1.82) is 0 Å². The van der Waals surface area contributed by atoms with E-state index in [0.717, 1.165) is 32.1 Å². The minimum atomic E-state index is -4.62. The number of unbranched alkanes of at least 4 members (excludes halogenated alkanes) is 37. The quantitative estimate of drug-likeness (QED) is 0.0306. The Balaban J connectivity index is 4.09. The summed E-state index contributed by atoms with van der Waals surface area (Å²) in [6.45, 7) is 2.46. The molecule has 0 aliphatic carbocycles. The van der Waals surface area contributed by atoms with E-state index in [0.29, 0.717) is 12.8 Å². The van der Waals surface area contributed by atoms with Gasteiger partial charge in [0.15, 0.2) is 6.10 Å². The molecule has 370 valence electrons. The fraction of sp³-hybridized carbons (Fsp3) is 0.961. The van der Waals surface area contributed by atoms with E-state index in [2.05, 4.69) is 13.8 Å². The molecule has 11 heteroatoms. The van der Waals surface area contributed by atoms with Crippen LogP contribution in [0.3, 0.4) is 0 Å². The van der Waals surface area contributed by atoms with Crippen molar-refractivity contribution < 1.29 is 47.8 Å². The van der Waals surface area contributed by atoms with Crippen molar-refractivity contribution in [3.8, 4) is 0 Å². The molecule has 0 aliphatic heterocycles. The molecule has 0 heterocycles. The maximum absolute atomic E-state index is 12.7. The fourth-order valence-corrected chi connectivity index (χ4v) is 8.73. The van der Waals surface area contributed by atoms with E-state index < -0.39 is 51.8 Å². The monoisotopic (exact) mass is 905 g/mol. The Bertz CT molecular complexity index is 998. The first-order valence-corrected chi connectivity index (χ1v) is 28.0. The third-order valence-corrected chi connectivity index (χ3v) is 13.0. The molecule has 0 aromatic rings. The van der Waals surface area contributed by atoms with Gasteiger partial charge in [-0.25, -0.2) is 4.57 Å². The van der Waals surface area contributed by atoms with E-state index in [4.69, 9.17) is 23.6 Å². The Kier molecular flexibility index (Phi) is 47.1. The smallest absolute Gasteiger partial charge is 0.462 e. The van der Waals surface area contributed by atoms with Crippen LogP contribution in [0.2, 0.25) is 0 Å². The normalized spacial score (nSPS) is 13.6. The maximum atomic E-state index is 12.7. The summed E-state index contributed by atoms with van der Waals surface area (Å²) in [5.41, 5.74) is 0. The van der Waals surface area contributed by atoms with Crippen LogP contribution in [0.25, 0.3) is 0 Å². The number of esters is 2. The molecule has 0 aromatic carbocycles. The topological polar surface area (TPSA) is 149 Å². The highest BCUT2D eigenvalue weighted by Crippen LogP contribution is 2.43. The predicted molar refractivity (Wildman–Crippen MR) is 256 cm³/mol. The van der Waals surface area contributed by atoms with E-state index in [9.17, 15) is 24.2 Å². The molecule has 0 aliphatic rings. The van der Waals surface area contributed by atoms with Crippen molar-refractivity contribution in [2.24, 2.45) is 0 Å². The summed E-state index contributed by atoms with van der Waals surface area (Å²) in [6, 6.07) is 0. The number of phosphoric ester groups is 1. The molecule has 0 saturated heterocycles. The Hall–Kier alpha value is -1.03. The van der Waals surface area contributed by atoms with Crippen LogP contribution < -0.4 is 0 Å². The lowest BCUT2D eigenvalue weighted by molar-refractivity contribution is -0.161. The summed E-state index contributed by atoms with van der Waals surface area (Å²) in [5.74, 6) is -0.901. The number of ether oxygens (including phenoxy) is 2. The first-order chi connectivity index (χ1) is 30.2. The van der Waals surface area contributed by atoms with Gasteiger partial charge in [0, 0.05) is 12.8 Å². The second-order valence-electron chi connectivity index (χ2n) is 18.3. The second-order valence-corrected chi connectivity index (χ2v) is 19.7. The van der Waals surface area contributed by atoms with E-state index >= 15 is 0 Å². The summed E-state index contributed by atoms with van der Waals surface area (Å²) in [5, 5.41) is 18.4. The van der Waals surface area contributed by atoms with Crippen molar-refractivity contribution in [3.05, 3.63) is 0 Å². The van der Waals surface area contributed by atoms with Gasteiger partial charge in [0.2, 0.25) is 0 Å². The Morgan fingerprint density at radius 2 is 0.694 bits per heavy atom. The average molecular weight is 905 g/mol. The standard InChI is InChI=1S/C51H101O10P/c1-3-5-7-9-11-13-15-17-19-21-22-23-24-25-27-28-30-32-34-36-38-40-42-50(54)58-46-49(47-60-62(56,57)59-45-48(53)44-52)61-51(55)43-41-39-37-35-33-31-29-26-20-18-16-14-12-10-8-6-4-2/h48-49,52-53H,3-47H2,1-2H3,(H,56,57)/t48-,49-/m1/s1. The van der Waals surface area contributed by atoms with E-state index in [1.54, 1.807) is 0 Å². The fourth-order valence-electron chi connectivity index (χ4n) is 7.94. The van der Waals surface area contributed by atoms with Crippen molar-refractivity contribution in [2.75, 3.05) is 26.4 Å². The van der Waals surface area contributed by atoms with Crippen molar-refractivity contribution in [3.63, 3.8) is 0 Å². The first-order valence-electron chi connectivity index (χ1n) is 26.5. The summed E-state index contributed by atoms with van der Waals surface area (Å²) < 4.78 is 32.9. The first kappa shape index (κ1) is 61.0. The van der Waals surface area contributed by atoms with E-state index in [-0.39, 0.29) is 19.4 Å². The van der Waals surface area contributed by atoms with Gasteiger partial charge in [-0.3, -0.25) is 18.6 Å². The van der Waals surface area contributed by atoms with Gasteiger partial charge >= 0.3 is 19.8 Å². The number of aliphatic hydroxyl groups is 2. The lowest BCUT2D eigenvalue weighted by Gasteiger charge is -2.20.